The van der Waals surface area contributed by atoms with Crippen LogP contribution in [0.5, 0.6) is 5.75 Å². The molecule has 2 aromatic heterocycles. The van der Waals surface area contributed by atoms with Gasteiger partial charge in [-0.2, -0.15) is 10.2 Å². The largest absolute Gasteiger partial charge is 0.497 e. The molecule has 2 heterocycles. The van der Waals surface area contributed by atoms with Crippen molar-refractivity contribution in [3.05, 3.63) is 72.7 Å². The SMILES string of the molecule is COc1cccc(-n2cc([C@H](C)NC(=O)Cn3ncc4ccccc43)cn2)c1. The van der Waals surface area contributed by atoms with Crippen molar-refractivity contribution in [3.63, 3.8) is 0 Å². The fraction of sp³-hybridized carbons (Fsp3) is 0.190. The highest BCUT2D eigenvalue weighted by Gasteiger charge is 2.14. The van der Waals surface area contributed by atoms with Gasteiger partial charge in [-0.1, -0.05) is 24.3 Å². The Bertz CT molecular complexity index is 1110. The molecule has 28 heavy (non-hydrogen) atoms. The van der Waals surface area contributed by atoms with E-state index < -0.39 is 0 Å². The second kappa shape index (κ2) is 7.56. The van der Waals surface area contributed by atoms with E-state index in [0.29, 0.717) is 0 Å². The van der Waals surface area contributed by atoms with Gasteiger partial charge < -0.3 is 10.1 Å². The molecule has 0 aliphatic heterocycles. The minimum absolute atomic E-state index is 0.101. The van der Waals surface area contributed by atoms with E-state index in [1.807, 2.05) is 61.7 Å². The zero-order valence-electron chi connectivity index (χ0n) is 15.7. The Hall–Kier alpha value is -3.61. The minimum Gasteiger partial charge on any atom is -0.497 e. The summed E-state index contributed by atoms with van der Waals surface area (Å²) in [6.45, 7) is 2.11. The molecule has 0 fully saturated rings. The smallest absolute Gasteiger partial charge is 0.242 e. The zero-order valence-corrected chi connectivity index (χ0v) is 15.7. The molecule has 1 atom stereocenters. The molecule has 0 spiro atoms. The number of para-hydroxylation sites is 1. The predicted octanol–water partition coefficient (Wildman–Crippen LogP) is 3.11. The second-order valence-corrected chi connectivity index (χ2v) is 6.57. The molecule has 1 N–H and O–H groups in total. The van der Waals surface area contributed by atoms with Gasteiger partial charge in [0.15, 0.2) is 0 Å². The highest BCUT2D eigenvalue weighted by Crippen LogP contribution is 2.19. The number of methoxy groups -OCH3 is 1. The summed E-state index contributed by atoms with van der Waals surface area (Å²) in [6, 6.07) is 15.3. The topological polar surface area (TPSA) is 74.0 Å². The third-order valence-electron chi connectivity index (χ3n) is 4.64. The maximum Gasteiger partial charge on any atom is 0.242 e. The third-order valence-corrected chi connectivity index (χ3v) is 4.64. The Balaban J connectivity index is 1.44. The summed E-state index contributed by atoms with van der Waals surface area (Å²) >= 11 is 0. The van der Waals surface area contributed by atoms with E-state index in [0.717, 1.165) is 27.9 Å². The molecule has 0 saturated carbocycles. The lowest BCUT2D eigenvalue weighted by atomic mass is 10.2. The van der Waals surface area contributed by atoms with Crippen LogP contribution in [-0.4, -0.2) is 32.6 Å². The second-order valence-electron chi connectivity index (χ2n) is 6.57. The number of nitrogens with one attached hydrogen (secondary N) is 1. The summed E-state index contributed by atoms with van der Waals surface area (Å²) in [7, 11) is 1.63. The van der Waals surface area contributed by atoms with Gasteiger partial charge in [0.2, 0.25) is 5.91 Å². The number of amides is 1. The monoisotopic (exact) mass is 375 g/mol. The van der Waals surface area contributed by atoms with Crippen LogP contribution < -0.4 is 10.1 Å². The van der Waals surface area contributed by atoms with Gasteiger partial charge in [-0.25, -0.2) is 4.68 Å². The highest BCUT2D eigenvalue weighted by atomic mass is 16.5. The Morgan fingerprint density at radius 1 is 1.14 bits per heavy atom. The van der Waals surface area contributed by atoms with Crippen LogP contribution >= 0.6 is 0 Å². The molecule has 1 amide bonds. The number of rotatable bonds is 6. The molecule has 0 aliphatic rings. The van der Waals surface area contributed by atoms with Gasteiger partial charge in [0.05, 0.1) is 36.7 Å². The Kier molecular flexibility index (Phi) is 4.80. The van der Waals surface area contributed by atoms with Gasteiger partial charge in [-0.3, -0.25) is 9.48 Å². The van der Waals surface area contributed by atoms with E-state index in [4.69, 9.17) is 4.74 Å². The highest BCUT2D eigenvalue weighted by molar-refractivity contribution is 5.82. The van der Waals surface area contributed by atoms with Crippen molar-refractivity contribution < 1.29 is 9.53 Å². The van der Waals surface area contributed by atoms with Crippen LogP contribution in [0.25, 0.3) is 16.6 Å². The molecule has 0 aliphatic carbocycles. The van der Waals surface area contributed by atoms with Gasteiger partial charge in [0.1, 0.15) is 12.3 Å². The average Bonchev–Trinajstić information content (AvgIpc) is 3.36. The van der Waals surface area contributed by atoms with E-state index in [2.05, 4.69) is 15.5 Å². The quantitative estimate of drug-likeness (QED) is 0.562. The van der Waals surface area contributed by atoms with Crippen LogP contribution in [0.1, 0.15) is 18.5 Å². The molecular weight excluding hydrogens is 354 g/mol. The first-order chi connectivity index (χ1) is 13.6. The van der Waals surface area contributed by atoms with Crippen LogP contribution in [0.15, 0.2) is 67.1 Å². The Labute approximate surface area is 162 Å². The Morgan fingerprint density at radius 3 is 2.86 bits per heavy atom. The maximum atomic E-state index is 12.5. The van der Waals surface area contributed by atoms with Crippen molar-refractivity contribution in [3.8, 4) is 11.4 Å². The molecule has 7 nitrogen and oxygen atoms in total. The number of hydrogen-bond donors (Lipinski definition) is 1. The molecule has 0 bridgehead atoms. The van der Waals surface area contributed by atoms with Crippen LogP contribution in [-0.2, 0) is 11.3 Å². The van der Waals surface area contributed by atoms with Crippen molar-refractivity contribution in [2.45, 2.75) is 19.5 Å². The van der Waals surface area contributed by atoms with E-state index in [9.17, 15) is 4.79 Å². The number of benzene rings is 2. The van der Waals surface area contributed by atoms with E-state index in [-0.39, 0.29) is 18.5 Å². The molecule has 0 unspecified atom stereocenters. The molecule has 0 radical (unpaired) electrons. The van der Waals surface area contributed by atoms with E-state index in [1.165, 1.54) is 0 Å². The van der Waals surface area contributed by atoms with Crippen LogP contribution in [0.2, 0.25) is 0 Å². The summed E-state index contributed by atoms with van der Waals surface area (Å²) in [4.78, 5) is 12.5. The fourth-order valence-electron chi connectivity index (χ4n) is 3.11. The van der Waals surface area contributed by atoms with Gasteiger partial charge >= 0.3 is 0 Å². The van der Waals surface area contributed by atoms with Crippen molar-refractivity contribution in [2.24, 2.45) is 0 Å². The molecular formula is C21H21N5O2. The van der Waals surface area contributed by atoms with Crippen LogP contribution in [0, 0.1) is 0 Å². The number of carbonyl (C=O) groups excluding carboxylic acids is 1. The summed E-state index contributed by atoms with van der Waals surface area (Å²) in [5.74, 6) is 0.665. The number of ether oxygens (including phenoxy) is 1. The first-order valence-electron chi connectivity index (χ1n) is 9.03. The number of nitrogens with zero attached hydrogens (tertiary/aromatic N) is 4. The molecule has 2 aromatic carbocycles. The number of aromatic nitrogens is 4. The summed E-state index contributed by atoms with van der Waals surface area (Å²) in [5, 5.41) is 12.7. The number of hydrogen-bond acceptors (Lipinski definition) is 4. The van der Waals surface area contributed by atoms with Gasteiger partial charge in [0, 0.05) is 23.2 Å². The predicted molar refractivity (Wildman–Crippen MR) is 106 cm³/mol. The van der Waals surface area contributed by atoms with E-state index >= 15 is 0 Å². The van der Waals surface area contributed by atoms with Gasteiger partial charge in [-0.15, -0.1) is 0 Å². The van der Waals surface area contributed by atoms with Gasteiger partial charge in [-0.05, 0) is 25.1 Å². The lowest BCUT2D eigenvalue weighted by Gasteiger charge is -2.12. The minimum atomic E-state index is -0.173. The van der Waals surface area contributed by atoms with Gasteiger partial charge in [0.25, 0.3) is 0 Å². The number of fused-ring (bicyclic) bond motifs is 1. The first-order valence-corrected chi connectivity index (χ1v) is 9.03. The lowest BCUT2D eigenvalue weighted by Crippen LogP contribution is -2.30. The van der Waals surface area contributed by atoms with Crippen LogP contribution in [0.4, 0.5) is 0 Å². The van der Waals surface area contributed by atoms with Crippen molar-refractivity contribution >= 4 is 16.8 Å². The maximum absolute atomic E-state index is 12.5. The van der Waals surface area contributed by atoms with Crippen molar-refractivity contribution in [1.29, 1.82) is 0 Å². The number of carbonyl (C=O) groups is 1. The fourth-order valence-corrected chi connectivity index (χ4v) is 3.11. The first kappa shape index (κ1) is 17.8. The molecule has 4 rings (SSSR count). The third kappa shape index (κ3) is 3.59. The Morgan fingerprint density at radius 2 is 2.00 bits per heavy atom. The molecule has 4 aromatic rings. The molecule has 7 heteroatoms. The van der Waals surface area contributed by atoms with Crippen LogP contribution in [0.3, 0.4) is 0 Å². The summed E-state index contributed by atoms with van der Waals surface area (Å²) in [5.41, 5.74) is 2.75. The molecule has 142 valence electrons. The normalized spacial score (nSPS) is 12.1. The standard InChI is InChI=1S/C21H21N5O2/c1-15(17-12-22-25(13-17)18-7-5-8-19(10-18)28-2)24-21(27)14-26-20-9-4-3-6-16(20)11-23-26/h3-13,15H,14H2,1-2H3,(H,24,27)/t15-/m0/s1. The summed E-state index contributed by atoms with van der Waals surface area (Å²) < 4.78 is 8.73. The van der Waals surface area contributed by atoms with Crippen molar-refractivity contribution in [2.75, 3.05) is 7.11 Å². The van der Waals surface area contributed by atoms with E-state index in [1.54, 1.807) is 28.9 Å². The summed E-state index contributed by atoms with van der Waals surface area (Å²) in [6.07, 6.45) is 5.43. The molecule has 0 saturated heterocycles. The lowest BCUT2D eigenvalue weighted by molar-refractivity contribution is -0.122. The zero-order chi connectivity index (χ0) is 19.5. The van der Waals surface area contributed by atoms with Crippen molar-refractivity contribution in [1.82, 2.24) is 24.9 Å². The average molecular weight is 375 g/mol.